The number of para-hydroxylation sites is 1. The number of nitrogens with zero attached hydrogens (tertiary/aromatic N) is 2. The number of rotatable bonds is 7. The second-order valence-corrected chi connectivity index (χ2v) is 6.44. The summed E-state index contributed by atoms with van der Waals surface area (Å²) in [6.07, 6.45) is -0.181. The summed E-state index contributed by atoms with van der Waals surface area (Å²) in [5.74, 6) is -0.715. The van der Waals surface area contributed by atoms with Gasteiger partial charge < -0.3 is 10.2 Å². The van der Waals surface area contributed by atoms with Crippen molar-refractivity contribution in [2.45, 2.75) is 25.9 Å². The highest BCUT2D eigenvalue weighted by molar-refractivity contribution is 6.30. The van der Waals surface area contributed by atoms with E-state index in [1.54, 1.807) is 43.3 Å². The van der Waals surface area contributed by atoms with Crippen molar-refractivity contribution in [3.8, 4) is 0 Å². The molecule has 142 valence electrons. The molecule has 8 heteroatoms. The summed E-state index contributed by atoms with van der Waals surface area (Å²) in [6, 6.07) is 12.3. The fraction of sp³-hybridized carbons (Fsp3) is 0.263. The summed E-state index contributed by atoms with van der Waals surface area (Å²) in [6.45, 7) is 1.77. The maximum absolute atomic E-state index is 12.9. The molecular weight excluding hydrogens is 370 g/mol. The molecule has 2 rings (SSSR count). The minimum absolute atomic E-state index is 0.124. The summed E-state index contributed by atoms with van der Waals surface area (Å²) in [5.41, 5.74) is 0.933. The molecule has 0 aliphatic carbocycles. The highest BCUT2D eigenvalue weighted by atomic mass is 35.5. The summed E-state index contributed by atoms with van der Waals surface area (Å²) >= 11 is 6.00. The summed E-state index contributed by atoms with van der Waals surface area (Å²) in [5, 5.41) is 14.2. The van der Waals surface area contributed by atoms with Gasteiger partial charge in [0.2, 0.25) is 11.8 Å². The third-order valence-corrected chi connectivity index (χ3v) is 4.42. The van der Waals surface area contributed by atoms with Gasteiger partial charge in [0.25, 0.3) is 5.69 Å². The zero-order valence-corrected chi connectivity index (χ0v) is 15.8. The molecule has 0 spiro atoms. The molecule has 1 N–H and O–H groups in total. The van der Waals surface area contributed by atoms with Crippen molar-refractivity contribution in [3.05, 3.63) is 74.8 Å². The smallest absolute Gasteiger partial charge is 0.273 e. The molecule has 2 amide bonds. The first-order valence-corrected chi connectivity index (χ1v) is 8.69. The van der Waals surface area contributed by atoms with E-state index in [0.29, 0.717) is 10.6 Å². The quantitative estimate of drug-likeness (QED) is 0.582. The van der Waals surface area contributed by atoms with Crippen LogP contribution in [0.3, 0.4) is 0 Å². The molecule has 0 aromatic heterocycles. The molecule has 0 heterocycles. The Morgan fingerprint density at radius 1 is 1.22 bits per heavy atom. The predicted octanol–water partition coefficient (Wildman–Crippen LogP) is 2.95. The van der Waals surface area contributed by atoms with E-state index in [4.69, 9.17) is 11.6 Å². The maximum atomic E-state index is 12.9. The van der Waals surface area contributed by atoms with E-state index in [2.05, 4.69) is 5.32 Å². The molecule has 0 radical (unpaired) electrons. The Morgan fingerprint density at radius 3 is 2.56 bits per heavy atom. The Hall–Kier alpha value is -2.93. The van der Waals surface area contributed by atoms with Gasteiger partial charge in [-0.05, 0) is 24.6 Å². The predicted molar refractivity (Wildman–Crippen MR) is 102 cm³/mol. The third kappa shape index (κ3) is 5.27. The van der Waals surface area contributed by atoms with E-state index in [0.717, 1.165) is 5.56 Å². The SMILES string of the molecule is CNC(=O)[C@H](C)N(Cc1cccc(Cl)c1)C(=O)Cc1ccccc1[N+](=O)[O-]. The number of halogens is 1. The van der Waals surface area contributed by atoms with Crippen molar-refractivity contribution in [1.29, 1.82) is 0 Å². The Kier molecular flexibility index (Phi) is 6.90. The average Bonchev–Trinajstić information content (AvgIpc) is 2.65. The lowest BCUT2D eigenvalue weighted by Gasteiger charge is -2.28. The van der Waals surface area contributed by atoms with Crippen LogP contribution in [-0.2, 0) is 22.6 Å². The Labute approximate surface area is 162 Å². The topological polar surface area (TPSA) is 92.6 Å². The standard InChI is InChI=1S/C19H20ClN3O4/c1-13(19(25)21-2)22(12-14-6-5-8-16(20)10-14)18(24)11-15-7-3-4-9-17(15)23(26)27/h3-10,13H,11-12H2,1-2H3,(H,21,25)/t13-/m0/s1. The number of benzene rings is 2. The monoisotopic (exact) mass is 389 g/mol. The molecule has 2 aromatic carbocycles. The number of hydrogen-bond donors (Lipinski definition) is 1. The summed E-state index contributed by atoms with van der Waals surface area (Å²) in [4.78, 5) is 37.1. The number of hydrogen-bond acceptors (Lipinski definition) is 4. The van der Waals surface area contributed by atoms with Gasteiger partial charge in [-0.3, -0.25) is 19.7 Å². The first-order valence-electron chi connectivity index (χ1n) is 8.31. The largest absolute Gasteiger partial charge is 0.357 e. The van der Waals surface area contributed by atoms with Gasteiger partial charge in [-0.1, -0.05) is 41.9 Å². The third-order valence-electron chi connectivity index (χ3n) is 4.19. The lowest BCUT2D eigenvalue weighted by atomic mass is 10.1. The number of likely N-dealkylation sites (N-methyl/N-ethyl adjacent to an activating group) is 1. The van der Waals surface area contributed by atoms with Crippen molar-refractivity contribution in [3.63, 3.8) is 0 Å². The minimum atomic E-state index is -0.746. The molecule has 0 fully saturated rings. The number of carbonyl (C=O) groups excluding carboxylic acids is 2. The van der Waals surface area contributed by atoms with Crippen LogP contribution in [0.25, 0.3) is 0 Å². The van der Waals surface area contributed by atoms with E-state index in [9.17, 15) is 19.7 Å². The molecule has 0 aliphatic rings. The zero-order valence-electron chi connectivity index (χ0n) is 15.0. The van der Waals surface area contributed by atoms with Gasteiger partial charge in [-0.15, -0.1) is 0 Å². The molecule has 0 bridgehead atoms. The number of amides is 2. The van der Waals surface area contributed by atoms with Gasteiger partial charge in [0.1, 0.15) is 6.04 Å². The van der Waals surface area contributed by atoms with Crippen LogP contribution in [0, 0.1) is 10.1 Å². The van der Waals surface area contributed by atoms with Gasteiger partial charge in [0.05, 0.1) is 11.3 Å². The highest BCUT2D eigenvalue weighted by Crippen LogP contribution is 2.21. The molecule has 0 unspecified atom stereocenters. The summed E-state index contributed by atoms with van der Waals surface area (Å²) < 4.78 is 0. The van der Waals surface area contributed by atoms with Crippen molar-refractivity contribution >= 4 is 29.1 Å². The molecule has 0 aliphatic heterocycles. The van der Waals surface area contributed by atoms with Crippen molar-refractivity contribution < 1.29 is 14.5 Å². The number of nitro benzene ring substituents is 1. The lowest BCUT2D eigenvalue weighted by Crippen LogP contribution is -2.47. The second-order valence-electron chi connectivity index (χ2n) is 6.00. The summed E-state index contributed by atoms with van der Waals surface area (Å²) in [7, 11) is 1.49. The molecule has 0 saturated carbocycles. The van der Waals surface area contributed by atoms with Gasteiger partial charge in [0, 0.05) is 30.2 Å². The Balaban J connectivity index is 2.31. The highest BCUT2D eigenvalue weighted by Gasteiger charge is 2.27. The van der Waals surface area contributed by atoms with Gasteiger partial charge in [0.15, 0.2) is 0 Å². The Bertz CT molecular complexity index is 856. The van der Waals surface area contributed by atoms with Crippen LogP contribution in [0.4, 0.5) is 5.69 Å². The van der Waals surface area contributed by atoms with E-state index >= 15 is 0 Å². The molecule has 0 saturated heterocycles. The van der Waals surface area contributed by atoms with Crippen LogP contribution in [0.15, 0.2) is 48.5 Å². The molecule has 7 nitrogen and oxygen atoms in total. The first kappa shape index (κ1) is 20.4. The molecule has 1 atom stereocenters. The average molecular weight is 390 g/mol. The van der Waals surface area contributed by atoms with E-state index in [-0.39, 0.29) is 30.5 Å². The fourth-order valence-electron chi connectivity index (χ4n) is 2.73. The first-order chi connectivity index (χ1) is 12.8. The number of carbonyl (C=O) groups is 2. The van der Waals surface area contributed by atoms with Crippen LogP contribution >= 0.6 is 11.6 Å². The molecule has 2 aromatic rings. The normalized spacial score (nSPS) is 11.5. The lowest BCUT2D eigenvalue weighted by molar-refractivity contribution is -0.385. The Morgan fingerprint density at radius 2 is 1.93 bits per heavy atom. The fourth-order valence-corrected chi connectivity index (χ4v) is 2.94. The maximum Gasteiger partial charge on any atom is 0.273 e. The van der Waals surface area contributed by atoms with Crippen LogP contribution in [-0.4, -0.2) is 34.7 Å². The van der Waals surface area contributed by atoms with Crippen LogP contribution in [0.2, 0.25) is 5.02 Å². The minimum Gasteiger partial charge on any atom is -0.357 e. The van der Waals surface area contributed by atoms with Crippen LogP contribution in [0.1, 0.15) is 18.1 Å². The van der Waals surface area contributed by atoms with Crippen molar-refractivity contribution in [2.75, 3.05) is 7.05 Å². The zero-order chi connectivity index (χ0) is 20.0. The van der Waals surface area contributed by atoms with E-state index in [1.807, 2.05) is 0 Å². The number of nitrogens with one attached hydrogen (secondary N) is 1. The van der Waals surface area contributed by atoms with E-state index in [1.165, 1.54) is 24.1 Å². The van der Waals surface area contributed by atoms with Gasteiger partial charge in [-0.2, -0.15) is 0 Å². The van der Waals surface area contributed by atoms with Crippen molar-refractivity contribution in [1.82, 2.24) is 10.2 Å². The van der Waals surface area contributed by atoms with Crippen LogP contribution < -0.4 is 5.32 Å². The van der Waals surface area contributed by atoms with Gasteiger partial charge >= 0.3 is 0 Å². The number of nitro groups is 1. The second kappa shape index (κ2) is 9.14. The van der Waals surface area contributed by atoms with Crippen LogP contribution in [0.5, 0.6) is 0 Å². The van der Waals surface area contributed by atoms with Gasteiger partial charge in [-0.25, -0.2) is 0 Å². The molecular formula is C19H20ClN3O4. The van der Waals surface area contributed by atoms with E-state index < -0.39 is 11.0 Å². The van der Waals surface area contributed by atoms with Crippen molar-refractivity contribution in [2.24, 2.45) is 0 Å². The molecule has 27 heavy (non-hydrogen) atoms.